The van der Waals surface area contributed by atoms with Crippen LogP contribution in [0.4, 0.5) is 5.82 Å². The Labute approximate surface area is 179 Å². The number of ether oxygens (including phenoxy) is 2. The number of aromatic nitrogens is 1. The van der Waals surface area contributed by atoms with Crippen molar-refractivity contribution in [1.29, 1.82) is 0 Å². The Hall–Kier alpha value is -2.60. The summed E-state index contributed by atoms with van der Waals surface area (Å²) >= 11 is 0. The highest BCUT2D eigenvalue weighted by Gasteiger charge is 2.30. The van der Waals surface area contributed by atoms with E-state index in [9.17, 15) is 4.79 Å². The molecule has 0 bridgehead atoms. The third kappa shape index (κ3) is 5.51. The molecule has 1 atom stereocenters. The van der Waals surface area contributed by atoms with Crippen LogP contribution in [0.25, 0.3) is 0 Å². The number of nitrogens with zero attached hydrogens (tertiary/aromatic N) is 3. The van der Waals surface area contributed by atoms with E-state index in [4.69, 9.17) is 9.47 Å². The number of rotatable bonds is 9. The SMILES string of the molecule is CCOc1cccc(CN(CC)C2CCN(c3ncccc3C(=O)OC(C)C)C2)c1. The lowest BCUT2D eigenvalue weighted by Crippen LogP contribution is -2.37. The number of esters is 1. The van der Waals surface area contributed by atoms with E-state index >= 15 is 0 Å². The van der Waals surface area contributed by atoms with E-state index in [1.165, 1.54) is 5.56 Å². The Kier molecular flexibility index (Phi) is 7.69. The van der Waals surface area contributed by atoms with Gasteiger partial charge in [-0.25, -0.2) is 9.78 Å². The van der Waals surface area contributed by atoms with Crippen LogP contribution in [-0.2, 0) is 11.3 Å². The first-order chi connectivity index (χ1) is 14.5. The number of carbonyl (C=O) groups excluding carboxylic acids is 1. The molecule has 0 aliphatic carbocycles. The van der Waals surface area contributed by atoms with E-state index < -0.39 is 0 Å². The van der Waals surface area contributed by atoms with Crippen LogP contribution < -0.4 is 9.64 Å². The van der Waals surface area contributed by atoms with Crippen molar-refractivity contribution >= 4 is 11.8 Å². The second kappa shape index (κ2) is 10.4. The molecule has 0 spiro atoms. The minimum atomic E-state index is -0.309. The van der Waals surface area contributed by atoms with Crippen LogP contribution in [0.1, 0.15) is 50.0 Å². The maximum atomic E-state index is 12.5. The van der Waals surface area contributed by atoms with Gasteiger partial charge in [0.2, 0.25) is 0 Å². The van der Waals surface area contributed by atoms with Gasteiger partial charge >= 0.3 is 5.97 Å². The summed E-state index contributed by atoms with van der Waals surface area (Å²) in [7, 11) is 0. The smallest absolute Gasteiger partial charge is 0.342 e. The summed E-state index contributed by atoms with van der Waals surface area (Å²) < 4.78 is 11.1. The Morgan fingerprint density at radius 1 is 1.27 bits per heavy atom. The lowest BCUT2D eigenvalue weighted by molar-refractivity contribution is 0.0378. The molecule has 1 aromatic carbocycles. The zero-order valence-corrected chi connectivity index (χ0v) is 18.5. The quantitative estimate of drug-likeness (QED) is 0.578. The number of benzene rings is 1. The summed E-state index contributed by atoms with van der Waals surface area (Å²) in [4.78, 5) is 21.7. The molecule has 1 aromatic heterocycles. The summed E-state index contributed by atoms with van der Waals surface area (Å²) in [5, 5.41) is 0. The van der Waals surface area contributed by atoms with Gasteiger partial charge in [0.05, 0.1) is 12.7 Å². The van der Waals surface area contributed by atoms with E-state index in [0.29, 0.717) is 18.2 Å². The van der Waals surface area contributed by atoms with Gasteiger partial charge < -0.3 is 14.4 Å². The van der Waals surface area contributed by atoms with E-state index in [1.807, 2.05) is 26.8 Å². The van der Waals surface area contributed by atoms with Gasteiger partial charge in [-0.2, -0.15) is 0 Å². The molecule has 1 aliphatic heterocycles. The van der Waals surface area contributed by atoms with Gasteiger partial charge in [-0.1, -0.05) is 19.1 Å². The molecule has 0 radical (unpaired) electrons. The average Bonchev–Trinajstić information content (AvgIpc) is 3.22. The largest absolute Gasteiger partial charge is 0.494 e. The Morgan fingerprint density at radius 2 is 2.10 bits per heavy atom. The van der Waals surface area contributed by atoms with Crippen LogP contribution >= 0.6 is 0 Å². The molecule has 2 aromatic rings. The summed E-state index contributed by atoms with van der Waals surface area (Å²) in [6, 6.07) is 12.3. The third-order valence-electron chi connectivity index (χ3n) is 5.33. The van der Waals surface area contributed by atoms with E-state index in [-0.39, 0.29) is 12.1 Å². The van der Waals surface area contributed by atoms with Crippen LogP contribution in [0.15, 0.2) is 42.6 Å². The van der Waals surface area contributed by atoms with Crippen molar-refractivity contribution in [2.24, 2.45) is 0 Å². The van der Waals surface area contributed by atoms with Crippen molar-refractivity contribution in [3.63, 3.8) is 0 Å². The average molecular weight is 412 g/mol. The summed E-state index contributed by atoms with van der Waals surface area (Å²) in [5.74, 6) is 1.33. The van der Waals surface area contributed by atoms with Gasteiger partial charge in [-0.05, 0) is 63.6 Å². The van der Waals surface area contributed by atoms with Crippen molar-refractivity contribution in [2.45, 2.75) is 52.8 Å². The van der Waals surface area contributed by atoms with Crippen LogP contribution in [0.2, 0.25) is 0 Å². The maximum absolute atomic E-state index is 12.5. The summed E-state index contributed by atoms with van der Waals surface area (Å²) in [6.45, 7) is 12.1. The van der Waals surface area contributed by atoms with Crippen LogP contribution in [0.3, 0.4) is 0 Å². The molecule has 0 N–H and O–H groups in total. The molecule has 6 nitrogen and oxygen atoms in total. The van der Waals surface area contributed by atoms with Crippen molar-refractivity contribution < 1.29 is 14.3 Å². The first kappa shape index (κ1) is 22.1. The zero-order chi connectivity index (χ0) is 21.5. The number of pyridine rings is 1. The van der Waals surface area contributed by atoms with Crippen LogP contribution in [0.5, 0.6) is 5.75 Å². The van der Waals surface area contributed by atoms with Gasteiger partial charge in [-0.15, -0.1) is 0 Å². The minimum Gasteiger partial charge on any atom is -0.494 e. The fraction of sp³-hybridized carbons (Fsp3) is 0.500. The Balaban J connectivity index is 1.70. The number of hydrogen-bond donors (Lipinski definition) is 0. The molecule has 1 unspecified atom stereocenters. The predicted octanol–water partition coefficient (Wildman–Crippen LogP) is 4.15. The fourth-order valence-corrected chi connectivity index (χ4v) is 3.95. The molecule has 1 aliphatic rings. The highest BCUT2D eigenvalue weighted by Crippen LogP contribution is 2.26. The minimum absolute atomic E-state index is 0.153. The Bertz CT molecular complexity index is 840. The summed E-state index contributed by atoms with van der Waals surface area (Å²) in [6.07, 6.45) is 2.62. The highest BCUT2D eigenvalue weighted by molar-refractivity contribution is 5.94. The van der Waals surface area contributed by atoms with Gasteiger partial charge in [0.15, 0.2) is 0 Å². The molecule has 6 heteroatoms. The molecule has 2 heterocycles. The first-order valence-corrected chi connectivity index (χ1v) is 10.9. The second-order valence-corrected chi connectivity index (χ2v) is 7.86. The predicted molar refractivity (Wildman–Crippen MR) is 119 cm³/mol. The van der Waals surface area contributed by atoms with Crippen molar-refractivity contribution in [2.75, 3.05) is 31.1 Å². The fourth-order valence-electron chi connectivity index (χ4n) is 3.95. The van der Waals surface area contributed by atoms with Gasteiger partial charge in [0, 0.05) is 31.9 Å². The topological polar surface area (TPSA) is 54.9 Å². The van der Waals surface area contributed by atoms with Crippen molar-refractivity contribution in [3.8, 4) is 5.75 Å². The van der Waals surface area contributed by atoms with Gasteiger partial charge in [0.25, 0.3) is 0 Å². The molecule has 1 saturated heterocycles. The van der Waals surface area contributed by atoms with Crippen molar-refractivity contribution in [1.82, 2.24) is 9.88 Å². The third-order valence-corrected chi connectivity index (χ3v) is 5.33. The molecular weight excluding hydrogens is 378 g/mol. The first-order valence-electron chi connectivity index (χ1n) is 10.9. The summed E-state index contributed by atoms with van der Waals surface area (Å²) in [5.41, 5.74) is 1.79. The molecule has 0 amide bonds. The van der Waals surface area contributed by atoms with Crippen LogP contribution in [0, 0.1) is 0 Å². The monoisotopic (exact) mass is 411 g/mol. The van der Waals surface area contributed by atoms with E-state index in [1.54, 1.807) is 18.3 Å². The lowest BCUT2D eigenvalue weighted by atomic mass is 10.1. The number of likely N-dealkylation sites (N-methyl/N-ethyl adjacent to an activating group) is 1. The zero-order valence-electron chi connectivity index (χ0n) is 18.5. The normalized spacial score (nSPS) is 16.3. The maximum Gasteiger partial charge on any atom is 0.342 e. The standard InChI is InChI=1S/C24H33N3O3/c1-5-26(16-19-9-7-10-21(15-19)29-6-2)20-12-14-27(17-20)23-22(11-8-13-25-23)24(28)30-18(3)4/h7-11,13,15,18,20H,5-6,12,14,16-17H2,1-4H3. The van der Waals surface area contributed by atoms with Gasteiger partial charge in [-0.3, -0.25) is 4.90 Å². The van der Waals surface area contributed by atoms with E-state index in [0.717, 1.165) is 44.2 Å². The molecule has 3 rings (SSSR count). The molecule has 30 heavy (non-hydrogen) atoms. The molecule has 0 saturated carbocycles. The second-order valence-electron chi connectivity index (χ2n) is 7.86. The van der Waals surface area contributed by atoms with Gasteiger partial charge in [0.1, 0.15) is 17.1 Å². The van der Waals surface area contributed by atoms with Crippen molar-refractivity contribution in [3.05, 3.63) is 53.7 Å². The molecule has 1 fully saturated rings. The number of carbonyl (C=O) groups is 1. The lowest BCUT2D eigenvalue weighted by Gasteiger charge is -2.28. The van der Waals surface area contributed by atoms with E-state index in [2.05, 4.69) is 39.9 Å². The van der Waals surface area contributed by atoms with Crippen LogP contribution in [-0.4, -0.2) is 54.2 Å². The highest BCUT2D eigenvalue weighted by atomic mass is 16.5. The Morgan fingerprint density at radius 3 is 2.83 bits per heavy atom. The number of anilines is 1. The molecular formula is C24H33N3O3. The number of hydrogen-bond acceptors (Lipinski definition) is 6. The molecule has 162 valence electrons.